The summed E-state index contributed by atoms with van der Waals surface area (Å²) in [6.45, 7) is 1.81. The van der Waals surface area contributed by atoms with Crippen LogP contribution in [0.2, 0.25) is 0 Å². The van der Waals surface area contributed by atoms with Gasteiger partial charge in [-0.1, -0.05) is 0 Å². The fourth-order valence-electron chi connectivity index (χ4n) is 2.12. The Morgan fingerprint density at radius 3 is 2.53 bits per heavy atom. The summed E-state index contributed by atoms with van der Waals surface area (Å²) in [4.78, 5) is 2.19. The van der Waals surface area contributed by atoms with E-state index in [2.05, 4.69) is 11.9 Å². The van der Waals surface area contributed by atoms with Crippen LogP contribution in [0, 0.1) is 5.92 Å². The fraction of sp³-hybridized carbons (Fsp3) is 0.800. The highest BCUT2D eigenvalue weighted by molar-refractivity contribution is 5.08. The van der Waals surface area contributed by atoms with Crippen LogP contribution in [0.4, 0.5) is 0 Å². The largest absolute Gasteiger partial charge is 0.401 e. The molecule has 0 aromatic heterocycles. The van der Waals surface area contributed by atoms with Crippen LogP contribution in [-0.4, -0.2) is 42.1 Å². The molecule has 2 atom stereocenters. The van der Waals surface area contributed by atoms with Crippen molar-refractivity contribution in [1.29, 1.82) is 0 Å². The second kappa shape index (κ2) is 4.00. The third-order valence-electron chi connectivity index (χ3n) is 3.25. The van der Waals surface area contributed by atoms with E-state index in [4.69, 9.17) is 17.3 Å². The molecule has 0 amide bonds. The van der Waals surface area contributed by atoms with Gasteiger partial charge in [-0.15, -0.1) is 0 Å². The van der Waals surface area contributed by atoms with Gasteiger partial charge in [0, 0.05) is 36.9 Å². The van der Waals surface area contributed by atoms with Crippen LogP contribution >= 0.6 is 0 Å². The fourth-order valence-corrected chi connectivity index (χ4v) is 2.12. The van der Waals surface area contributed by atoms with Gasteiger partial charge >= 0.3 is 0 Å². The molecule has 2 unspecified atom stereocenters. The Bertz CT molecular complexity index is 261. The summed E-state index contributed by atoms with van der Waals surface area (Å²) >= 11 is 0. The predicted molar refractivity (Wildman–Crippen MR) is 60.3 cm³/mol. The van der Waals surface area contributed by atoms with E-state index < -0.39 is 0 Å². The molecule has 5 heteroatoms. The molecule has 6 N–H and O–H groups in total. The quantitative estimate of drug-likeness (QED) is 0.412. The molecule has 0 radical (unpaired) electrons. The lowest BCUT2D eigenvalue weighted by molar-refractivity contribution is 0.265. The average Bonchev–Trinajstić information content (AvgIpc) is 2.92. The first kappa shape index (κ1) is 10.7. The summed E-state index contributed by atoms with van der Waals surface area (Å²) in [5.74, 6) is 6.53. The van der Waals surface area contributed by atoms with Crippen molar-refractivity contribution >= 4 is 0 Å². The van der Waals surface area contributed by atoms with E-state index in [0.29, 0.717) is 5.92 Å². The van der Waals surface area contributed by atoms with Gasteiger partial charge in [0.05, 0.1) is 6.04 Å². The van der Waals surface area contributed by atoms with Crippen molar-refractivity contribution < 1.29 is 0 Å². The van der Waals surface area contributed by atoms with Gasteiger partial charge in [-0.3, -0.25) is 0 Å². The van der Waals surface area contributed by atoms with Crippen molar-refractivity contribution in [2.24, 2.45) is 23.2 Å². The zero-order valence-corrected chi connectivity index (χ0v) is 9.26. The normalized spacial score (nSPS) is 33.4. The zero-order valence-electron chi connectivity index (χ0n) is 9.26. The van der Waals surface area contributed by atoms with Gasteiger partial charge in [0.2, 0.25) is 0 Å². The molecule has 2 rings (SSSR count). The van der Waals surface area contributed by atoms with Crippen LogP contribution in [0.25, 0.3) is 0 Å². The van der Waals surface area contributed by atoms with Gasteiger partial charge < -0.3 is 21.4 Å². The lowest BCUT2D eigenvalue weighted by Crippen LogP contribution is -2.48. The smallest absolute Gasteiger partial charge is 0.0736 e. The minimum absolute atomic E-state index is 0.114. The average molecular weight is 211 g/mol. The Morgan fingerprint density at radius 2 is 2.07 bits per heavy atom. The molecule has 0 spiro atoms. The number of hydrogen-bond donors (Lipinski definition) is 3. The molecule has 1 saturated carbocycles. The molecule has 5 nitrogen and oxygen atoms in total. The molecule has 0 bridgehead atoms. The van der Waals surface area contributed by atoms with Crippen LogP contribution in [-0.2, 0) is 0 Å². The molecular formula is C10H21N5. The van der Waals surface area contributed by atoms with Crippen LogP contribution in [0.15, 0.2) is 11.9 Å². The van der Waals surface area contributed by atoms with Crippen molar-refractivity contribution in [3.8, 4) is 0 Å². The molecule has 0 aromatic rings. The Hall–Kier alpha value is -0.780. The Kier molecular flexibility index (Phi) is 2.86. The summed E-state index contributed by atoms with van der Waals surface area (Å²) < 4.78 is 0. The zero-order chi connectivity index (χ0) is 11.0. The molecule has 2 aliphatic rings. The maximum atomic E-state index is 6.00. The van der Waals surface area contributed by atoms with Crippen molar-refractivity contribution in [3.63, 3.8) is 0 Å². The molecule has 2 fully saturated rings. The lowest BCUT2D eigenvalue weighted by Gasteiger charge is -2.25. The first-order chi connectivity index (χ1) is 7.08. The van der Waals surface area contributed by atoms with E-state index in [1.165, 1.54) is 12.8 Å². The van der Waals surface area contributed by atoms with Gasteiger partial charge in [0.15, 0.2) is 0 Å². The maximum Gasteiger partial charge on any atom is 0.0736 e. The molecule has 1 aliphatic heterocycles. The van der Waals surface area contributed by atoms with Crippen molar-refractivity contribution in [1.82, 2.24) is 9.91 Å². The molecule has 1 heterocycles. The summed E-state index contributed by atoms with van der Waals surface area (Å²) in [5, 5.41) is 1.70. The SMILES string of the molecule is CN1CC(N)C(N(N)/C=C(\N)C2CC2)C1. The van der Waals surface area contributed by atoms with E-state index in [0.717, 1.165) is 18.8 Å². The van der Waals surface area contributed by atoms with Crippen LogP contribution in [0.5, 0.6) is 0 Å². The van der Waals surface area contributed by atoms with E-state index in [-0.39, 0.29) is 12.1 Å². The molecule has 86 valence electrons. The third-order valence-corrected chi connectivity index (χ3v) is 3.25. The minimum Gasteiger partial charge on any atom is -0.401 e. The van der Waals surface area contributed by atoms with Crippen LogP contribution in [0.3, 0.4) is 0 Å². The van der Waals surface area contributed by atoms with E-state index in [9.17, 15) is 0 Å². The number of hydrazine groups is 1. The highest BCUT2D eigenvalue weighted by Crippen LogP contribution is 2.33. The predicted octanol–water partition coefficient (Wildman–Crippen LogP) is -0.986. The number of hydrogen-bond acceptors (Lipinski definition) is 5. The summed E-state index contributed by atoms with van der Waals surface area (Å²) in [6.07, 6.45) is 4.26. The number of likely N-dealkylation sites (N-methyl/N-ethyl adjacent to an activating group) is 1. The standard InChI is InChI=1S/C10H21N5/c1-14-4-9(12)10(6-14)15(13)5-8(11)7-2-3-7/h5,7,9-10H,2-4,6,11-13H2,1H3/b8-5-. The molecule has 1 saturated heterocycles. The number of rotatable bonds is 3. The van der Waals surface area contributed by atoms with Gasteiger partial charge in [-0.2, -0.15) is 0 Å². The first-order valence-corrected chi connectivity index (χ1v) is 5.52. The first-order valence-electron chi connectivity index (χ1n) is 5.52. The third kappa shape index (κ3) is 2.42. The highest BCUT2D eigenvalue weighted by Gasteiger charge is 2.31. The molecular weight excluding hydrogens is 190 g/mol. The number of allylic oxidation sites excluding steroid dienone is 1. The second-order valence-electron chi connectivity index (χ2n) is 4.80. The lowest BCUT2D eigenvalue weighted by atomic mass is 10.2. The van der Waals surface area contributed by atoms with E-state index >= 15 is 0 Å². The van der Waals surface area contributed by atoms with Gasteiger partial charge in [0.25, 0.3) is 0 Å². The second-order valence-corrected chi connectivity index (χ2v) is 4.80. The number of likely N-dealkylation sites (tertiary alicyclic amines) is 1. The number of nitrogens with zero attached hydrogens (tertiary/aromatic N) is 2. The van der Waals surface area contributed by atoms with Crippen molar-refractivity contribution in [3.05, 3.63) is 11.9 Å². The summed E-state index contributed by atoms with van der Waals surface area (Å²) in [7, 11) is 2.06. The Labute approximate surface area is 90.8 Å². The summed E-state index contributed by atoms with van der Waals surface area (Å²) in [5.41, 5.74) is 12.8. The van der Waals surface area contributed by atoms with E-state index in [1.54, 1.807) is 5.01 Å². The molecule has 1 aliphatic carbocycles. The Balaban J connectivity index is 1.95. The monoisotopic (exact) mass is 211 g/mol. The van der Waals surface area contributed by atoms with Gasteiger partial charge in [-0.05, 0) is 19.9 Å². The van der Waals surface area contributed by atoms with E-state index in [1.807, 2.05) is 6.20 Å². The number of nitrogens with two attached hydrogens (primary N) is 3. The Morgan fingerprint density at radius 1 is 1.40 bits per heavy atom. The summed E-state index contributed by atoms with van der Waals surface area (Å²) in [6, 6.07) is 0.301. The van der Waals surface area contributed by atoms with Crippen LogP contribution in [0.1, 0.15) is 12.8 Å². The molecule has 15 heavy (non-hydrogen) atoms. The van der Waals surface area contributed by atoms with Crippen LogP contribution < -0.4 is 17.3 Å². The van der Waals surface area contributed by atoms with Gasteiger partial charge in [-0.25, -0.2) is 5.84 Å². The highest BCUT2D eigenvalue weighted by atomic mass is 15.4. The maximum absolute atomic E-state index is 6.00. The van der Waals surface area contributed by atoms with Crippen molar-refractivity contribution in [2.45, 2.75) is 24.9 Å². The molecule has 0 aromatic carbocycles. The minimum atomic E-state index is 0.114. The van der Waals surface area contributed by atoms with Crippen molar-refractivity contribution in [2.75, 3.05) is 20.1 Å². The van der Waals surface area contributed by atoms with Gasteiger partial charge in [0.1, 0.15) is 0 Å². The topological polar surface area (TPSA) is 84.5 Å².